The molecule has 0 aromatic heterocycles. The maximum Gasteiger partial charge on any atom is 0.336 e. The van der Waals surface area contributed by atoms with E-state index in [1.54, 1.807) is 6.92 Å². The summed E-state index contributed by atoms with van der Waals surface area (Å²) in [6.45, 7) is 1.93. The zero-order valence-electron chi connectivity index (χ0n) is 7.30. The number of carbonyl (C=O) groups is 1. The van der Waals surface area contributed by atoms with Gasteiger partial charge >= 0.3 is 5.97 Å². The Morgan fingerprint density at radius 3 is 2.92 bits per heavy atom. The van der Waals surface area contributed by atoms with Crippen LogP contribution in [0.3, 0.4) is 0 Å². The summed E-state index contributed by atoms with van der Waals surface area (Å²) in [6, 6.07) is 0. The first-order valence-electron chi connectivity index (χ1n) is 4.08. The van der Waals surface area contributed by atoms with Crippen molar-refractivity contribution in [2.45, 2.75) is 19.1 Å². The van der Waals surface area contributed by atoms with Gasteiger partial charge in [0.05, 0.1) is 12.2 Å². The molecular weight excluding hydrogens is 172 g/mol. The van der Waals surface area contributed by atoms with E-state index in [0.29, 0.717) is 0 Å². The normalized spacial score (nSPS) is 26.8. The monoisotopic (exact) mass is 184 g/mol. The van der Waals surface area contributed by atoms with E-state index < -0.39 is 18.2 Å². The van der Waals surface area contributed by atoms with Crippen molar-refractivity contribution in [1.29, 1.82) is 0 Å². The number of allylic oxidation sites excluding steroid dienone is 2. The van der Waals surface area contributed by atoms with Crippen LogP contribution in [0.25, 0.3) is 0 Å². The van der Waals surface area contributed by atoms with Crippen LogP contribution in [0.1, 0.15) is 6.92 Å². The lowest BCUT2D eigenvalue weighted by molar-refractivity contribution is -0.140. The third-order valence-electron chi connectivity index (χ3n) is 1.74. The molecule has 4 nitrogen and oxygen atoms in total. The van der Waals surface area contributed by atoms with Crippen molar-refractivity contribution in [2.75, 3.05) is 6.61 Å². The van der Waals surface area contributed by atoms with E-state index in [1.807, 2.05) is 0 Å². The van der Waals surface area contributed by atoms with Crippen molar-refractivity contribution in [3.63, 3.8) is 0 Å². The summed E-state index contributed by atoms with van der Waals surface area (Å²) in [4.78, 5) is 11.2. The molecule has 1 aliphatic carbocycles. The van der Waals surface area contributed by atoms with Crippen LogP contribution in [-0.4, -0.2) is 35.0 Å². The van der Waals surface area contributed by atoms with Gasteiger partial charge in [0.1, 0.15) is 12.2 Å². The largest absolute Gasteiger partial charge is 0.463 e. The smallest absolute Gasteiger partial charge is 0.336 e. The summed E-state index contributed by atoms with van der Waals surface area (Å²) in [6.07, 6.45) is 2.17. The van der Waals surface area contributed by atoms with Crippen molar-refractivity contribution < 1.29 is 19.7 Å². The van der Waals surface area contributed by atoms with Gasteiger partial charge in [-0.05, 0) is 13.0 Å². The van der Waals surface area contributed by atoms with Crippen molar-refractivity contribution in [2.24, 2.45) is 0 Å². The van der Waals surface area contributed by atoms with Gasteiger partial charge in [0.2, 0.25) is 0 Å². The molecule has 0 heterocycles. The van der Waals surface area contributed by atoms with Crippen molar-refractivity contribution >= 4 is 5.97 Å². The van der Waals surface area contributed by atoms with Crippen LogP contribution in [0, 0.1) is 0 Å². The third-order valence-corrected chi connectivity index (χ3v) is 1.74. The van der Waals surface area contributed by atoms with Crippen molar-refractivity contribution in [1.82, 2.24) is 0 Å². The number of ether oxygens (including phenoxy) is 1. The second-order valence-electron chi connectivity index (χ2n) is 2.66. The Kier molecular flexibility index (Phi) is 3.22. The number of carbonyl (C=O) groups excluding carboxylic acids is 1. The Labute approximate surface area is 76.1 Å². The Hall–Kier alpha value is -1.13. The van der Waals surface area contributed by atoms with Gasteiger partial charge in [0.15, 0.2) is 0 Å². The molecule has 0 saturated carbocycles. The third kappa shape index (κ3) is 2.17. The first kappa shape index (κ1) is 9.95. The minimum atomic E-state index is -1.18. The molecule has 0 aromatic rings. The highest BCUT2D eigenvalue weighted by Crippen LogP contribution is 2.14. The van der Waals surface area contributed by atoms with Gasteiger partial charge in [-0.15, -0.1) is 0 Å². The van der Waals surface area contributed by atoms with Crippen LogP contribution < -0.4 is 0 Å². The lowest BCUT2D eigenvalue weighted by atomic mass is 9.99. The van der Waals surface area contributed by atoms with Crippen LogP contribution in [0.15, 0.2) is 23.8 Å². The number of hydrogen-bond donors (Lipinski definition) is 2. The average Bonchev–Trinajstić information content (AvgIpc) is 2.10. The fourth-order valence-electron chi connectivity index (χ4n) is 1.06. The number of aliphatic hydroxyl groups excluding tert-OH is 2. The van der Waals surface area contributed by atoms with E-state index in [-0.39, 0.29) is 12.2 Å². The summed E-state index contributed by atoms with van der Waals surface area (Å²) >= 11 is 0. The van der Waals surface area contributed by atoms with Gasteiger partial charge in [0.25, 0.3) is 0 Å². The fourth-order valence-corrected chi connectivity index (χ4v) is 1.06. The number of esters is 1. The van der Waals surface area contributed by atoms with Gasteiger partial charge in [-0.25, -0.2) is 4.79 Å². The zero-order chi connectivity index (χ0) is 9.84. The average molecular weight is 184 g/mol. The molecular formula is C9H12O4. The number of rotatable bonds is 2. The summed E-state index contributed by atoms with van der Waals surface area (Å²) in [7, 11) is 0. The highest BCUT2D eigenvalue weighted by Gasteiger charge is 2.26. The molecule has 0 saturated heterocycles. The molecule has 0 aliphatic heterocycles. The molecule has 1 rings (SSSR count). The molecule has 0 bridgehead atoms. The molecule has 0 fully saturated rings. The van der Waals surface area contributed by atoms with Gasteiger partial charge in [0, 0.05) is 0 Å². The minimum Gasteiger partial charge on any atom is -0.463 e. The van der Waals surface area contributed by atoms with Crippen molar-refractivity contribution in [3.8, 4) is 0 Å². The van der Waals surface area contributed by atoms with Crippen LogP contribution in [0.2, 0.25) is 0 Å². The van der Waals surface area contributed by atoms with E-state index in [0.717, 1.165) is 0 Å². The second-order valence-corrected chi connectivity index (χ2v) is 2.66. The zero-order valence-corrected chi connectivity index (χ0v) is 7.30. The van der Waals surface area contributed by atoms with Crippen LogP contribution in [0.4, 0.5) is 0 Å². The van der Waals surface area contributed by atoms with E-state index in [9.17, 15) is 15.0 Å². The van der Waals surface area contributed by atoms with E-state index >= 15 is 0 Å². The maximum absolute atomic E-state index is 11.2. The van der Waals surface area contributed by atoms with Gasteiger partial charge in [-0.1, -0.05) is 12.2 Å². The van der Waals surface area contributed by atoms with Gasteiger partial charge in [-0.3, -0.25) is 0 Å². The molecule has 2 N–H and O–H groups in total. The Morgan fingerprint density at radius 2 is 2.31 bits per heavy atom. The summed E-state index contributed by atoms with van der Waals surface area (Å²) in [5.74, 6) is -0.585. The highest BCUT2D eigenvalue weighted by atomic mass is 16.5. The van der Waals surface area contributed by atoms with Gasteiger partial charge in [-0.2, -0.15) is 0 Å². The summed E-state index contributed by atoms with van der Waals surface area (Å²) < 4.78 is 4.69. The molecule has 0 unspecified atom stereocenters. The molecule has 2 atom stereocenters. The molecule has 0 amide bonds. The predicted octanol–water partition coefficient (Wildman–Crippen LogP) is -0.232. The predicted molar refractivity (Wildman–Crippen MR) is 45.9 cm³/mol. The standard InChI is InChI=1S/C9H12O4/c1-2-13-9(12)6-4-3-5-7(10)8(6)11/h3-5,7-8,10-11H,2H2,1H3/t7-,8+/m0/s1. The SMILES string of the molecule is CCOC(=O)C1=CC=C[C@H](O)[C@@H]1O. The van der Waals surface area contributed by atoms with Crippen LogP contribution in [-0.2, 0) is 9.53 Å². The topological polar surface area (TPSA) is 66.8 Å². The summed E-state index contributed by atoms with van der Waals surface area (Å²) in [5.41, 5.74) is 0.0943. The van der Waals surface area contributed by atoms with Gasteiger partial charge < -0.3 is 14.9 Å². The molecule has 1 aliphatic rings. The minimum absolute atomic E-state index is 0.0943. The number of aliphatic hydroxyl groups is 2. The Bertz CT molecular complexity index is 254. The fraction of sp³-hybridized carbons (Fsp3) is 0.444. The summed E-state index contributed by atoms with van der Waals surface area (Å²) in [5, 5.41) is 18.5. The molecule has 4 heteroatoms. The molecule has 0 spiro atoms. The lowest BCUT2D eigenvalue weighted by Gasteiger charge is -2.19. The molecule has 72 valence electrons. The van der Waals surface area contributed by atoms with E-state index in [2.05, 4.69) is 4.74 Å². The van der Waals surface area contributed by atoms with E-state index in [1.165, 1.54) is 18.2 Å². The maximum atomic E-state index is 11.2. The second kappa shape index (κ2) is 4.20. The first-order valence-corrected chi connectivity index (χ1v) is 4.08. The first-order chi connectivity index (χ1) is 6.16. The molecule has 13 heavy (non-hydrogen) atoms. The molecule has 0 aromatic carbocycles. The highest BCUT2D eigenvalue weighted by molar-refractivity contribution is 5.90. The quantitative estimate of drug-likeness (QED) is 0.582. The van der Waals surface area contributed by atoms with Crippen LogP contribution in [0.5, 0.6) is 0 Å². The molecule has 0 radical (unpaired) electrons. The Balaban J connectivity index is 2.73. The van der Waals surface area contributed by atoms with Crippen LogP contribution >= 0.6 is 0 Å². The lowest BCUT2D eigenvalue weighted by Crippen LogP contribution is -2.32. The van der Waals surface area contributed by atoms with E-state index in [4.69, 9.17) is 0 Å². The number of hydrogen-bond acceptors (Lipinski definition) is 4. The Morgan fingerprint density at radius 1 is 1.62 bits per heavy atom. The van der Waals surface area contributed by atoms with Crippen molar-refractivity contribution in [3.05, 3.63) is 23.8 Å².